The summed E-state index contributed by atoms with van der Waals surface area (Å²) in [5.41, 5.74) is 12.5. The number of benzene rings is 1. The van der Waals surface area contributed by atoms with Crippen molar-refractivity contribution in [2.24, 2.45) is 5.73 Å². The minimum absolute atomic E-state index is 0.397. The van der Waals surface area contributed by atoms with Crippen molar-refractivity contribution in [3.63, 3.8) is 0 Å². The fourth-order valence-electron chi connectivity index (χ4n) is 1.53. The van der Waals surface area contributed by atoms with Gasteiger partial charge in [-0.1, -0.05) is 0 Å². The van der Waals surface area contributed by atoms with Gasteiger partial charge in [-0.25, -0.2) is 0 Å². The Morgan fingerprint density at radius 3 is 2.74 bits per heavy atom. The molecular weight excluding hydrogens is 244 g/mol. The smallest absolute Gasteiger partial charge is 0.250 e. The molecule has 0 aliphatic rings. The number of nitrogens with zero attached hydrogens (tertiary/aromatic N) is 1. The first-order valence-corrected chi connectivity index (χ1v) is 6.16. The molecule has 106 valence electrons. The molecule has 1 aromatic rings. The number of anilines is 2. The lowest BCUT2D eigenvalue weighted by molar-refractivity contribution is 0.100. The van der Waals surface area contributed by atoms with Gasteiger partial charge in [0.2, 0.25) is 0 Å². The molecule has 0 atom stereocenters. The molecule has 1 amide bonds. The van der Waals surface area contributed by atoms with E-state index in [9.17, 15) is 4.79 Å². The third-order valence-corrected chi connectivity index (χ3v) is 2.55. The fraction of sp³-hybridized carbons (Fsp3) is 0.462. The van der Waals surface area contributed by atoms with E-state index in [1.54, 1.807) is 18.2 Å². The number of nitrogens with two attached hydrogens (primary N) is 2. The monoisotopic (exact) mass is 266 g/mol. The molecule has 0 saturated heterocycles. The molecule has 19 heavy (non-hydrogen) atoms. The summed E-state index contributed by atoms with van der Waals surface area (Å²) in [6, 6.07) is 5.04. The molecule has 6 heteroatoms. The van der Waals surface area contributed by atoms with Crippen LogP contribution in [0.5, 0.6) is 0 Å². The summed E-state index contributed by atoms with van der Waals surface area (Å²) >= 11 is 0. The van der Waals surface area contributed by atoms with Crippen LogP contribution < -0.4 is 16.8 Å². The van der Waals surface area contributed by atoms with E-state index in [1.807, 2.05) is 14.1 Å². The molecule has 0 aliphatic heterocycles. The summed E-state index contributed by atoms with van der Waals surface area (Å²) in [6.07, 6.45) is 0. The van der Waals surface area contributed by atoms with Crippen LogP contribution in [0.25, 0.3) is 0 Å². The van der Waals surface area contributed by atoms with Crippen molar-refractivity contribution in [3.8, 4) is 0 Å². The van der Waals surface area contributed by atoms with Crippen molar-refractivity contribution < 1.29 is 9.53 Å². The Bertz CT molecular complexity index is 421. The normalized spacial score (nSPS) is 10.7. The number of hydrogen-bond acceptors (Lipinski definition) is 5. The summed E-state index contributed by atoms with van der Waals surface area (Å²) in [7, 11) is 3.99. The number of amides is 1. The van der Waals surface area contributed by atoms with Gasteiger partial charge < -0.3 is 26.4 Å². The highest BCUT2D eigenvalue weighted by molar-refractivity contribution is 5.99. The summed E-state index contributed by atoms with van der Waals surface area (Å²) < 4.78 is 5.45. The lowest BCUT2D eigenvalue weighted by Crippen LogP contribution is -2.20. The number of primary amides is 1. The molecule has 0 aliphatic carbocycles. The number of ether oxygens (including phenoxy) is 1. The van der Waals surface area contributed by atoms with E-state index in [2.05, 4.69) is 10.2 Å². The maximum absolute atomic E-state index is 11.3. The average molecular weight is 266 g/mol. The zero-order valence-corrected chi connectivity index (χ0v) is 11.5. The molecular formula is C13H22N4O2. The second-order valence-corrected chi connectivity index (χ2v) is 4.51. The minimum Gasteiger partial charge on any atom is -0.399 e. The van der Waals surface area contributed by atoms with E-state index in [0.717, 1.165) is 6.54 Å². The van der Waals surface area contributed by atoms with E-state index >= 15 is 0 Å². The van der Waals surface area contributed by atoms with E-state index in [1.165, 1.54) is 0 Å². The van der Waals surface area contributed by atoms with Gasteiger partial charge in [0, 0.05) is 24.5 Å². The maximum atomic E-state index is 11.3. The maximum Gasteiger partial charge on any atom is 0.250 e. The minimum atomic E-state index is -0.497. The van der Waals surface area contributed by atoms with Gasteiger partial charge in [-0.3, -0.25) is 4.79 Å². The number of nitrogen functional groups attached to an aromatic ring is 1. The molecule has 0 bridgehead atoms. The number of likely N-dealkylation sites (N-methyl/N-ethyl adjacent to an activating group) is 1. The largest absolute Gasteiger partial charge is 0.399 e. The Kier molecular flexibility index (Phi) is 6.11. The van der Waals surface area contributed by atoms with Crippen molar-refractivity contribution in [1.82, 2.24) is 4.90 Å². The molecule has 6 nitrogen and oxygen atoms in total. The topological polar surface area (TPSA) is 93.6 Å². The average Bonchev–Trinajstić information content (AvgIpc) is 2.34. The Morgan fingerprint density at radius 2 is 2.11 bits per heavy atom. The van der Waals surface area contributed by atoms with Crippen molar-refractivity contribution in [3.05, 3.63) is 23.8 Å². The molecule has 0 spiro atoms. The van der Waals surface area contributed by atoms with Gasteiger partial charge in [0.15, 0.2) is 0 Å². The van der Waals surface area contributed by atoms with E-state index in [4.69, 9.17) is 16.2 Å². The SMILES string of the molecule is CN(C)CCOCCNc1ccc(N)cc1C(N)=O. The summed E-state index contributed by atoms with van der Waals surface area (Å²) in [5.74, 6) is -0.497. The number of carbonyl (C=O) groups is 1. The van der Waals surface area contributed by atoms with E-state index < -0.39 is 5.91 Å². The van der Waals surface area contributed by atoms with Gasteiger partial charge in [0.25, 0.3) is 5.91 Å². The van der Waals surface area contributed by atoms with Crippen molar-refractivity contribution in [2.75, 3.05) is 51.4 Å². The standard InChI is InChI=1S/C13H22N4O2/c1-17(2)6-8-19-7-5-16-12-4-3-10(14)9-11(12)13(15)18/h3-4,9,16H,5-8,14H2,1-2H3,(H2,15,18). The van der Waals surface area contributed by atoms with Crippen LogP contribution in [0, 0.1) is 0 Å². The Labute approximate surface area is 113 Å². The number of rotatable bonds is 8. The third kappa shape index (κ3) is 5.58. The lowest BCUT2D eigenvalue weighted by atomic mass is 10.1. The molecule has 5 N–H and O–H groups in total. The van der Waals surface area contributed by atoms with Crippen molar-refractivity contribution >= 4 is 17.3 Å². The van der Waals surface area contributed by atoms with Crippen LogP contribution in [0.3, 0.4) is 0 Å². The van der Waals surface area contributed by atoms with Crippen LogP contribution in [-0.2, 0) is 4.74 Å². The van der Waals surface area contributed by atoms with Crippen molar-refractivity contribution in [2.45, 2.75) is 0 Å². The van der Waals surface area contributed by atoms with Gasteiger partial charge in [-0.2, -0.15) is 0 Å². The summed E-state index contributed by atoms with van der Waals surface area (Å²) in [6.45, 7) is 2.74. The number of hydrogen-bond donors (Lipinski definition) is 3. The van der Waals surface area contributed by atoms with Crippen LogP contribution in [0.15, 0.2) is 18.2 Å². The van der Waals surface area contributed by atoms with Crippen LogP contribution >= 0.6 is 0 Å². The quantitative estimate of drug-likeness (QED) is 0.466. The Hall–Kier alpha value is -1.79. The van der Waals surface area contributed by atoms with E-state index in [0.29, 0.717) is 36.7 Å². The second kappa shape index (κ2) is 7.60. The number of nitrogens with one attached hydrogen (secondary N) is 1. The fourth-order valence-corrected chi connectivity index (χ4v) is 1.53. The summed E-state index contributed by atoms with van der Waals surface area (Å²) in [5, 5.41) is 3.11. The molecule has 1 aromatic carbocycles. The molecule has 1 rings (SSSR count). The van der Waals surface area contributed by atoms with Crippen LogP contribution in [0.4, 0.5) is 11.4 Å². The first-order valence-electron chi connectivity index (χ1n) is 6.16. The first kappa shape index (κ1) is 15.3. The predicted molar refractivity (Wildman–Crippen MR) is 77.2 cm³/mol. The zero-order valence-electron chi connectivity index (χ0n) is 11.5. The molecule has 0 unspecified atom stereocenters. The van der Waals surface area contributed by atoms with E-state index in [-0.39, 0.29) is 0 Å². The molecule has 0 aromatic heterocycles. The molecule has 0 fully saturated rings. The van der Waals surface area contributed by atoms with Crippen molar-refractivity contribution in [1.29, 1.82) is 0 Å². The highest BCUT2D eigenvalue weighted by Crippen LogP contribution is 2.18. The second-order valence-electron chi connectivity index (χ2n) is 4.51. The van der Waals surface area contributed by atoms with Gasteiger partial charge in [-0.15, -0.1) is 0 Å². The number of carbonyl (C=O) groups excluding carboxylic acids is 1. The van der Waals surface area contributed by atoms with Gasteiger partial charge in [0.1, 0.15) is 0 Å². The van der Waals surface area contributed by atoms with Crippen LogP contribution in [0.2, 0.25) is 0 Å². The predicted octanol–water partition coefficient (Wildman–Crippen LogP) is 0.358. The van der Waals surface area contributed by atoms with Crippen LogP contribution in [-0.4, -0.2) is 51.2 Å². The third-order valence-electron chi connectivity index (χ3n) is 2.55. The first-order chi connectivity index (χ1) is 9.00. The summed E-state index contributed by atoms with van der Waals surface area (Å²) in [4.78, 5) is 13.3. The Balaban J connectivity index is 2.39. The Morgan fingerprint density at radius 1 is 1.37 bits per heavy atom. The molecule has 0 saturated carbocycles. The van der Waals surface area contributed by atoms with Crippen LogP contribution in [0.1, 0.15) is 10.4 Å². The molecule has 0 radical (unpaired) electrons. The lowest BCUT2D eigenvalue weighted by Gasteiger charge is -2.12. The highest BCUT2D eigenvalue weighted by atomic mass is 16.5. The van der Waals surface area contributed by atoms with Gasteiger partial charge in [0.05, 0.1) is 18.8 Å². The zero-order chi connectivity index (χ0) is 14.3. The molecule has 0 heterocycles. The van der Waals surface area contributed by atoms with Gasteiger partial charge >= 0.3 is 0 Å². The highest BCUT2D eigenvalue weighted by Gasteiger charge is 2.07. The van der Waals surface area contributed by atoms with Gasteiger partial charge in [-0.05, 0) is 32.3 Å².